The average molecular weight is 431 g/mol. The first-order valence-electron chi connectivity index (χ1n) is 8.19. The van der Waals surface area contributed by atoms with E-state index in [-0.39, 0.29) is 5.91 Å². The summed E-state index contributed by atoms with van der Waals surface area (Å²) < 4.78 is 2.71. The van der Waals surface area contributed by atoms with Crippen LogP contribution in [-0.4, -0.2) is 26.4 Å². The Balaban J connectivity index is 1.94. The Morgan fingerprint density at radius 2 is 2.00 bits per heavy atom. The number of rotatable bonds is 5. The van der Waals surface area contributed by atoms with Crippen molar-refractivity contribution in [2.45, 2.75) is 18.9 Å². The minimum absolute atomic E-state index is 0.174. The molecule has 0 saturated heterocycles. The average Bonchev–Trinajstić information content (AvgIpc) is 2.90. The Kier molecular flexibility index (Phi) is 5.78. The van der Waals surface area contributed by atoms with Gasteiger partial charge in [0.2, 0.25) is 0 Å². The zero-order chi connectivity index (χ0) is 18.7. The number of carbonyl (C=O) groups excluding carboxylic acids is 1. The van der Waals surface area contributed by atoms with Crippen LogP contribution < -0.4 is 5.32 Å². The highest BCUT2D eigenvalue weighted by Gasteiger charge is 2.18. The number of aryl methyl sites for hydroxylation is 2. The molecular formula is C19H19BrN4OS. The minimum atomic E-state index is -0.174. The van der Waals surface area contributed by atoms with Crippen LogP contribution in [0.1, 0.15) is 23.0 Å². The van der Waals surface area contributed by atoms with Gasteiger partial charge >= 0.3 is 0 Å². The fourth-order valence-corrected chi connectivity index (χ4v) is 3.63. The molecule has 0 radical (unpaired) electrons. The number of benzene rings is 1. The van der Waals surface area contributed by atoms with Crippen molar-refractivity contribution in [3.05, 3.63) is 58.3 Å². The number of hydrogen-bond donors (Lipinski definition) is 1. The van der Waals surface area contributed by atoms with Crippen LogP contribution in [0.25, 0.3) is 11.1 Å². The highest BCUT2D eigenvalue weighted by molar-refractivity contribution is 9.10. The number of nitrogens with zero attached hydrogens (tertiary/aromatic N) is 3. The first-order chi connectivity index (χ1) is 12.5. The molecule has 0 spiro atoms. The number of amides is 1. The molecule has 0 saturated carbocycles. The van der Waals surface area contributed by atoms with Gasteiger partial charge in [0.05, 0.1) is 10.7 Å². The van der Waals surface area contributed by atoms with Crippen LogP contribution in [0.4, 0.5) is 5.82 Å². The maximum absolute atomic E-state index is 12.8. The molecule has 5 nitrogen and oxygen atoms in total. The Labute approximate surface area is 165 Å². The summed E-state index contributed by atoms with van der Waals surface area (Å²) in [4.78, 5) is 17.0. The van der Waals surface area contributed by atoms with E-state index in [1.807, 2.05) is 44.3 Å². The lowest BCUT2D eigenvalue weighted by atomic mass is 10.1. The summed E-state index contributed by atoms with van der Waals surface area (Å²) >= 11 is 5.06. The van der Waals surface area contributed by atoms with Crippen LogP contribution in [0.15, 0.2) is 52.1 Å². The molecule has 0 aliphatic carbocycles. The molecule has 3 aromatic rings. The predicted octanol–water partition coefficient (Wildman–Crippen LogP) is 4.92. The number of pyridine rings is 1. The number of anilines is 1. The summed E-state index contributed by atoms with van der Waals surface area (Å²) in [5.74, 6) is 1.41. The summed E-state index contributed by atoms with van der Waals surface area (Å²) in [5.41, 5.74) is 3.37. The second-order valence-electron chi connectivity index (χ2n) is 5.71. The van der Waals surface area contributed by atoms with Gasteiger partial charge in [0.25, 0.3) is 5.91 Å². The van der Waals surface area contributed by atoms with Crippen LogP contribution >= 0.6 is 27.7 Å². The second kappa shape index (κ2) is 8.05. The van der Waals surface area contributed by atoms with E-state index in [0.717, 1.165) is 32.1 Å². The van der Waals surface area contributed by atoms with E-state index >= 15 is 0 Å². The lowest BCUT2D eigenvalue weighted by molar-refractivity contribution is 0.102. The molecule has 26 heavy (non-hydrogen) atoms. The topological polar surface area (TPSA) is 59.8 Å². The molecule has 1 N–H and O–H groups in total. The monoisotopic (exact) mass is 430 g/mol. The van der Waals surface area contributed by atoms with Crippen LogP contribution in [0.2, 0.25) is 0 Å². The molecule has 0 fully saturated rings. The summed E-state index contributed by atoms with van der Waals surface area (Å²) in [7, 11) is 1.83. The zero-order valence-electron chi connectivity index (χ0n) is 14.8. The largest absolute Gasteiger partial charge is 0.306 e. The number of halogens is 1. The van der Waals surface area contributed by atoms with Gasteiger partial charge in [-0.2, -0.15) is 5.10 Å². The SMILES string of the molecule is CCSc1cc(C(=O)Nc2c(-c3ccc(Br)cc3)c(C)nn2C)ccn1. The number of nitrogens with one attached hydrogen (secondary N) is 1. The van der Waals surface area contributed by atoms with E-state index in [1.54, 1.807) is 28.7 Å². The van der Waals surface area contributed by atoms with Crippen molar-refractivity contribution in [1.29, 1.82) is 0 Å². The standard InChI is InChI=1S/C19H19BrN4OS/c1-4-26-16-11-14(9-10-21-16)19(25)22-18-17(12(2)23-24(18)3)13-5-7-15(20)8-6-13/h5-11H,4H2,1-3H3,(H,22,25). The van der Waals surface area contributed by atoms with E-state index < -0.39 is 0 Å². The van der Waals surface area contributed by atoms with Crippen molar-refractivity contribution in [2.24, 2.45) is 7.05 Å². The Hall–Kier alpha value is -2.12. The van der Waals surface area contributed by atoms with Crippen molar-refractivity contribution >= 4 is 39.4 Å². The molecule has 0 unspecified atom stereocenters. The number of carbonyl (C=O) groups is 1. The van der Waals surface area contributed by atoms with Gasteiger partial charge in [-0.1, -0.05) is 35.0 Å². The predicted molar refractivity (Wildman–Crippen MR) is 110 cm³/mol. The fourth-order valence-electron chi connectivity index (χ4n) is 2.72. The van der Waals surface area contributed by atoms with Gasteiger partial charge in [-0.05, 0) is 42.5 Å². The molecule has 7 heteroatoms. The quantitative estimate of drug-likeness (QED) is 0.583. The summed E-state index contributed by atoms with van der Waals surface area (Å²) in [6, 6.07) is 11.5. The molecule has 134 valence electrons. The van der Waals surface area contributed by atoms with Gasteiger partial charge in [0.15, 0.2) is 0 Å². The number of aromatic nitrogens is 3. The highest BCUT2D eigenvalue weighted by atomic mass is 79.9. The Morgan fingerprint density at radius 1 is 1.27 bits per heavy atom. The van der Waals surface area contributed by atoms with Crippen molar-refractivity contribution in [3.63, 3.8) is 0 Å². The van der Waals surface area contributed by atoms with Crippen molar-refractivity contribution < 1.29 is 4.79 Å². The molecule has 1 amide bonds. The van der Waals surface area contributed by atoms with Crippen molar-refractivity contribution in [3.8, 4) is 11.1 Å². The number of thioether (sulfide) groups is 1. The smallest absolute Gasteiger partial charge is 0.256 e. The molecular weight excluding hydrogens is 412 g/mol. The second-order valence-corrected chi connectivity index (χ2v) is 7.91. The van der Waals surface area contributed by atoms with E-state index in [2.05, 4.69) is 38.3 Å². The summed E-state index contributed by atoms with van der Waals surface area (Å²) in [5, 5.41) is 8.33. The molecule has 0 aliphatic rings. The first-order valence-corrected chi connectivity index (χ1v) is 9.97. The van der Waals surface area contributed by atoms with Gasteiger partial charge in [0.1, 0.15) is 5.82 Å². The molecule has 3 rings (SSSR count). The third-order valence-electron chi connectivity index (χ3n) is 3.88. The molecule has 0 bridgehead atoms. The minimum Gasteiger partial charge on any atom is -0.306 e. The van der Waals surface area contributed by atoms with E-state index in [9.17, 15) is 4.79 Å². The first kappa shape index (κ1) is 18.7. The third-order valence-corrected chi connectivity index (χ3v) is 5.21. The van der Waals surface area contributed by atoms with Crippen LogP contribution in [-0.2, 0) is 7.05 Å². The molecule has 0 aliphatic heterocycles. The molecule has 2 heterocycles. The Bertz CT molecular complexity index is 937. The lowest BCUT2D eigenvalue weighted by Crippen LogP contribution is -2.15. The molecule has 2 aromatic heterocycles. The van der Waals surface area contributed by atoms with Crippen LogP contribution in [0.3, 0.4) is 0 Å². The third kappa shape index (κ3) is 3.99. The van der Waals surface area contributed by atoms with Gasteiger partial charge < -0.3 is 5.32 Å². The summed E-state index contributed by atoms with van der Waals surface area (Å²) in [6.07, 6.45) is 1.66. The maximum Gasteiger partial charge on any atom is 0.256 e. The van der Waals surface area contributed by atoms with Crippen LogP contribution in [0.5, 0.6) is 0 Å². The van der Waals surface area contributed by atoms with E-state index in [0.29, 0.717) is 11.4 Å². The highest BCUT2D eigenvalue weighted by Crippen LogP contribution is 2.32. The van der Waals surface area contributed by atoms with Gasteiger partial charge in [0, 0.05) is 28.8 Å². The van der Waals surface area contributed by atoms with Gasteiger partial charge in [-0.3, -0.25) is 9.48 Å². The molecule has 0 atom stereocenters. The van der Waals surface area contributed by atoms with E-state index in [1.165, 1.54) is 0 Å². The normalized spacial score (nSPS) is 10.8. The fraction of sp³-hybridized carbons (Fsp3) is 0.211. The molecule has 1 aromatic carbocycles. The van der Waals surface area contributed by atoms with E-state index in [4.69, 9.17) is 0 Å². The Morgan fingerprint density at radius 3 is 2.69 bits per heavy atom. The number of hydrogen-bond acceptors (Lipinski definition) is 4. The summed E-state index contributed by atoms with van der Waals surface area (Å²) in [6.45, 7) is 4.00. The van der Waals surface area contributed by atoms with Gasteiger partial charge in [-0.15, -0.1) is 11.8 Å². The zero-order valence-corrected chi connectivity index (χ0v) is 17.2. The van der Waals surface area contributed by atoms with Crippen molar-refractivity contribution in [1.82, 2.24) is 14.8 Å². The van der Waals surface area contributed by atoms with Crippen LogP contribution in [0, 0.1) is 6.92 Å². The van der Waals surface area contributed by atoms with Crippen molar-refractivity contribution in [2.75, 3.05) is 11.1 Å². The van der Waals surface area contributed by atoms with Gasteiger partial charge in [-0.25, -0.2) is 4.98 Å². The maximum atomic E-state index is 12.8. The lowest BCUT2D eigenvalue weighted by Gasteiger charge is -2.10.